The van der Waals surface area contributed by atoms with Gasteiger partial charge in [-0.1, -0.05) is 11.6 Å². The van der Waals surface area contributed by atoms with Crippen LogP contribution in [0.5, 0.6) is 0 Å². The normalized spacial score (nSPS) is 10.2. The first-order chi connectivity index (χ1) is 8.15. The van der Waals surface area contributed by atoms with Gasteiger partial charge in [-0.05, 0) is 31.2 Å². The highest BCUT2D eigenvalue weighted by Gasteiger charge is 2.04. The smallest absolute Gasteiger partial charge is 0.149 e. The summed E-state index contributed by atoms with van der Waals surface area (Å²) in [5.41, 5.74) is 0.773. The highest BCUT2D eigenvalue weighted by Crippen LogP contribution is 2.29. The van der Waals surface area contributed by atoms with E-state index < -0.39 is 0 Å². The Morgan fingerprint density at radius 2 is 2.18 bits per heavy atom. The van der Waals surface area contributed by atoms with Gasteiger partial charge in [0.2, 0.25) is 0 Å². The average Bonchev–Trinajstić information content (AvgIpc) is 2.74. The summed E-state index contributed by atoms with van der Waals surface area (Å²) in [6, 6.07) is 7.36. The number of carbonyl (C=O) groups excluding carboxylic acids is 1. The summed E-state index contributed by atoms with van der Waals surface area (Å²) < 4.78 is 0.723. The molecule has 0 fully saturated rings. The number of carbonyl (C=O) groups is 1. The number of halogens is 1. The second-order valence-electron chi connectivity index (χ2n) is 3.46. The van der Waals surface area contributed by atoms with Crippen molar-refractivity contribution in [3.8, 4) is 10.6 Å². The van der Waals surface area contributed by atoms with E-state index >= 15 is 0 Å². The second-order valence-corrected chi connectivity index (χ2v) is 5.18. The summed E-state index contributed by atoms with van der Waals surface area (Å²) in [7, 11) is 0. The molecule has 0 saturated carbocycles. The van der Waals surface area contributed by atoms with E-state index in [-0.39, 0.29) is 12.3 Å². The number of aromatic nitrogens is 2. The largest absolute Gasteiger partial charge is 0.362 e. The summed E-state index contributed by atoms with van der Waals surface area (Å²) in [4.78, 5) is 11.8. The van der Waals surface area contributed by atoms with Crippen molar-refractivity contribution in [3.05, 3.63) is 28.6 Å². The van der Waals surface area contributed by atoms with Crippen LogP contribution in [0, 0.1) is 0 Å². The third-order valence-electron chi connectivity index (χ3n) is 2.01. The van der Waals surface area contributed by atoms with Gasteiger partial charge in [-0.25, -0.2) is 0 Å². The lowest BCUT2D eigenvalue weighted by molar-refractivity contribution is -0.115. The summed E-state index contributed by atoms with van der Waals surface area (Å²) >= 11 is 7.30. The molecule has 4 nitrogen and oxygen atoms in total. The van der Waals surface area contributed by atoms with Gasteiger partial charge in [0.05, 0.1) is 15.8 Å². The third kappa shape index (κ3) is 3.25. The monoisotopic (exact) mass is 267 g/mol. The fraction of sp³-hybridized carbons (Fsp3) is 0.182. The van der Waals surface area contributed by atoms with Gasteiger partial charge in [0, 0.05) is 0 Å². The van der Waals surface area contributed by atoms with Crippen LogP contribution in [0.2, 0.25) is 4.34 Å². The molecule has 0 bridgehead atoms. The maximum atomic E-state index is 10.8. The van der Waals surface area contributed by atoms with E-state index in [4.69, 9.17) is 11.6 Å². The molecule has 17 heavy (non-hydrogen) atoms. The number of nitrogens with zero attached hydrogens (tertiary/aromatic N) is 2. The van der Waals surface area contributed by atoms with Gasteiger partial charge >= 0.3 is 0 Å². The molecule has 6 heteroatoms. The molecule has 2 heterocycles. The molecule has 0 aliphatic carbocycles. The zero-order chi connectivity index (χ0) is 12.3. The van der Waals surface area contributed by atoms with E-state index in [1.54, 1.807) is 6.07 Å². The van der Waals surface area contributed by atoms with Crippen LogP contribution >= 0.6 is 22.9 Å². The molecule has 0 spiro atoms. The predicted octanol–water partition coefficient (Wildman–Crippen LogP) is 2.86. The molecular formula is C11H10ClN3OS. The summed E-state index contributed by atoms with van der Waals surface area (Å²) in [6.07, 6.45) is 0. The Labute approximate surface area is 108 Å². The summed E-state index contributed by atoms with van der Waals surface area (Å²) in [6.45, 7) is 1.78. The van der Waals surface area contributed by atoms with E-state index in [1.807, 2.05) is 18.2 Å². The van der Waals surface area contributed by atoms with E-state index in [1.165, 1.54) is 18.3 Å². The lowest BCUT2D eigenvalue weighted by Crippen LogP contribution is -2.11. The van der Waals surface area contributed by atoms with Crippen molar-refractivity contribution < 1.29 is 4.79 Å². The van der Waals surface area contributed by atoms with Crippen molar-refractivity contribution in [1.29, 1.82) is 0 Å². The van der Waals surface area contributed by atoms with Crippen molar-refractivity contribution in [3.63, 3.8) is 0 Å². The van der Waals surface area contributed by atoms with E-state index in [0.717, 1.165) is 14.9 Å². The van der Waals surface area contributed by atoms with E-state index in [2.05, 4.69) is 15.5 Å². The molecule has 0 aliphatic rings. The fourth-order valence-electron chi connectivity index (χ4n) is 1.22. The zero-order valence-electron chi connectivity index (χ0n) is 9.11. The summed E-state index contributed by atoms with van der Waals surface area (Å²) in [5.74, 6) is 0.646. The molecule has 2 aromatic rings. The Bertz CT molecular complexity index is 524. The van der Waals surface area contributed by atoms with Gasteiger partial charge in [0.1, 0.15) is 17.3 Å². The molecule has 0 amide bonds. The number of nitrogens with one attached hydrogen (secondary N) is 1. The van der Waals surface area contributed by atoms with Crippen LogP contribution in [-0.4, -0.2) is 22.5 Å². The number of Topliss-reactive ketones (excluding diaryl/α,β-unsaturated/α-hetero) is 1. The van der Waals surface area contributed by atoms with Crippen LogP contribution < -0.4 is 5.32 Å². The van der Waals surface area contributed by atoms with Crippen molar-refractivity contribution in [2.45, 2.75) is 6.92 Å². The molecule has 88 valence electrons. The van der Waals surface area contributed by atoms with Gasteiger partial charge in [-0.15, -0.1) is 21.5 Å². The molecule has 1 N–H and O–H groups in total. The Balaban J connectivity index is 2.10. The molecule has 0 aliphatic heterocycles. The molecular weight excluding hydrogens is 258 g/mol. The maximum absolute atomic E-state index is 10.8. The van der Waals surface area contributed by atoms with Crippen molar-refractivity contribution >= 4 is 34.5 Å². The number of hydrogen-bond acceptors (Lipinski definition) is 5. The number of thiophene rings is 1. The molecule has 2 rings (SSSR count). The van der Waals surface area contributed by atoms with Gasteiger partial charge < -0.3 is 5.32 Å². The fourth-order valence-corrected chi connectivity index (χ4v) is 2.23. The quantitative estimate of drug-likeness (QED) is 0.925. The first kappa shape index (κ1) is 12.0. The van der Waals surface area contributed by atoms with Crippen LogP contribution in [0.25, 0.3) is 10.6 Å². The third-order valence-corrected chi connectivity index (χ3v) is 3.26. The Morgan fingerprint density at radius 1 is 1.35 bits per heavy atom. The highest BCUT2D eigenvalue weighted by molar-refractivity contribution is 7.19. The maximum Gasteiger partial charge on any atom is 0.149 e. The average molecular weight is 268 g/mol. The first-order valence-corrected chi connectivity index (χ1v) is 6.17. The minimum absolute atomic E-state index is 0.0564. The molecule has 0 radical (unpaired) electrons. The van der Waals surface area contributed by atoms with Gasteiger partial charge in [0.15, 0.2) is 0 Å². The number of anilines is 1. The number of rotatable bonds is 4. The van der Waals surface area contributed by atoms with Gasteiger partial charge in [-0.3, -0.25) is 4.79 Å². The van der Waals surface area contributed by atoms with Crippen molar-refractivity contribution in [1.82, 2.24) is 10.2 Å². The van der Waals surface area contributed by atoms with Gasteiger partial charge in [-0.2, -0.15) is 0 Å². The van der Waals surface area contributed by atoms with Crippen LogP contribution in [0.4, 0.5) is 5.82 Å². The van der Waals surface area contributed by atoms with Crippen LogP contribution in [0.1, 0.15) is 6.92 Å². The SMILES string of the molecule is CC(=O)CNc1ccc(-c2ccc(Cl)s2)nn1. The van der Waals surface area contributed by atoms with Crippen LogP contribution in [0.15, 0.2) is 24.3 Å². The Kier molecular flexibility index (Phi) is 3.71. The molecule has 0 saturated heterocycles. The van der Waals surface area contributed by atoms with Crippen molar-refractivity contribution in [2.24, 2.45) is 0 Å². The van der Waals surface area contributed by atoms with E-state index in [0.29, 0.717) is 5.82 Å². The van der Waals surface area contributed by atoms with Crippen LogP contribution in [-0.2, 0) is 4.79 Å². The summed E-state index contributed by atoms with van der Waals surface area (Å²) in [5, 5.41) is 10.9. The zero-order valence-corrected chi connectivity index (χ0v) is 10.7. The van der Waals surface area contributed by atoms with Crippen molar-refractivity contribution in [2.75, 3.05) is 11.9 Å². The highest BCUT2D eigenvalue weighted by atomic mass is 35.5. The topological polar surface area (TPSA) is 54.9 Å². The molecule has 0 atom stereocenters. The Hall–Kier alpha value is -1.46. The second kappa shape index (κ2) is 5.25. The lowest BCUT2D eigenvalue weighted by atomic mass is 10.3. The Morgan fingerprint density at radius 3 is 2.71 bits per heavy atom. The first-order valence-electron chi connectivity index (χ1n) is 4.98. The minimum atomic E-state index is 0.0564. The number of ketones is 1. The lowest BCUT2D eigenvalue weighted by Gasteiger charge is -2.02. The van der Waals surface area contributed by atoms with E-state index in [9.17, 15) is 4.79 Å². The molecule has 2 aromatic heterocycles. The molecule has 0 aromatic carbocycles. The van der Waals surface area contributed by atoms with Gasteiger partial charge in [0.25, 0.3) is 0 Å². The predicted molar refractivity (Wildman–Crippen MR) is 69.5 cm³/mol. The number of hydrogen-bond donors (Lipinski definition) is 1. The van der Waals surface area contributed by atoms with Crippen LogP contribution in [0.3, 0.4) is 0 Å². The standard InChI is InChI=1S/C11H10ClN3OS/c1-7(16)6-13-11-5-2-8(14-15-11)9-3-4-10(12)17-9/h2-5H,6H2,1H3,(H,13,15). The molecule has 0 unspecified atom stereocenters. The minimum Gasteiger partial charge on any atom is -0.362 e.